The number of hydrogen-bond donors (Lipinski definition) is 3. The molecule has 0 radical (unpaired) electrons. The minimum Gasteiger partial charge on any atom is -0.398 e. The van der Waals surface area contributed by atoms with Crippen molar-refractivity contribution in [3.05, 3.63) is 41.5 Å². The number of nitrogens with one attached hydrogen (secondary N) is 1. The Labute approximate surface area is 114 Å². The third-order valence-electron chi connectivity index (χ3n) is 3.14. The van der Waals surface area contributed by atoms with Crippen LogP contribution in [0.2, 0.25) is 0 Å². The zero-order chi connectivity index (χ0) is 14.3. The number of carbonyl (C=O) groups is 1. The second kappa shape index (κ2) is 7.59. The fraction of sp³-hybridized carbons (Fsp3) is 0.400. The van der Waals surface area contributed by atoms with Crippen molar-refractivity contribution < 1.29 is 4.79 Å². The number of amides is 1. The molecule has 0 heterocycles. The van der Waals surface area contributed by atoms with E-state index in [1.54, 1.807) is 6.07 Å². The highest BCUT2D eigenvalue weighted by molar-refractivity contribution is 5.98. The highest BCUT2D eigenvalue weighted by Gasteiger charge is 2.15. The van der Waals surface area contributed by atoms with Crippen molar-refractivity contribution in [2.75, 3.05) is 5.73 Å². The maximum absolute atomic E-state index is 11.5. The van der Waals surface area contributed by atoms with Gasteiger partial charge in [0.25, 0.3) is 5.91 Å². The van der Waals surface area contributed by atoms with Crippen LogP contribution in [0.3, 0.4) is 0 Å². The molecule has 4 heteroatoms. The van der Waals surface area contributed by atoms with Crippen LogP contribution in [-0.2, 0) is 0 Å². The molecular weight excluding hydrogens is 238 g/mol. The first-order chi connectivity index (χ1) is 9.22. The van der Waals surface area contributed by atoms with Crippen LogP contribution in [-0.4, -0.2) is 5.91 Å². The van der Waals surface area contributed by atoms with Gasteiger partial charge in [-0.2, -0.15) is 0 Å². The molecule has 0 aromatic heterocycles. The molecule has 0 aliphatic heterocycles. The molecule has 1 unspecified atom stereocenters. The van der Waals surface area contributed by atoms with Crippen molar-refractivity contribution in [3.63, 3.8) is 0 Å². The Balaban J connectivity index is 0.000000861. The maximum Gasteiger partial charge on any atom is 0.267 e. The van der Waals surface area contributed by atoms with E-state index < -0.39 is 0 Å². The van der Waals surface area contributed by atoms with Crippen molar-refractivity contribution in [1.29, 1.82) is 0 Å². The number of rotatable bonds is 2. The molecule has 0 bridgehead atoms. The lowest BCUT2D eigenvalue weighted by Gasteiger charge is -2.18. The Morgan fingerprint density at radius 3 is 2.68 bits per heavy atom. The van der Waals surface area contributed by atoms with Crippen LogP contribution in [0.5, 0.6) is 0 Å². The van der Waals surface area contributed by atoms with Gasteiger partial charge < -0.3 is 5.73 Å². The molecule has 1 amide bonds. The van der Waals surface area contributed by atoms with Gasteiger partial charge in [0.15, 0.2) is 0 Å². The average molecular weight is 261 g/mol. The summed E-state index contributed by atoms with van der Waals surface area (Å²) in [6, 6.07) is 5.57. The number of benzene rings is 1. The van der Waals surface area contributed by atoms with E-state index in [2.05, 4.69) is 17.6 Å². The Morgan fingerprint density at radius 2 is 2.11 bits per heavy atom. The lowest BCUT2D eigenvalue weighted by atomic mass is 9.88. The first kappa shape index (κ1) is 15.2. The molecule has 2 rings (SSSR count). The molecule has 1 aliphatic rings. The largest absolute Gasteiger partial charge is 0.398 e. The SMILES string of the molecule is CC.NNC(=O)c1cc(C2C=CCCC2)ccc1N. The van der Waals surface area contributed by atoms with E-state index in [9.17, 15) is 4.79 Å². The summed E-state index contributed by atoms with van der Waals surface area (Å²) < 4.78 is 0. The summed E-state index contributed by atoms with van der Waals surface area (Å²) in [6.45, 7) is 4.00. The quantitative estimate of drug-likeness (QED) is 0.252. The van der Waals surface area contributed by atoms with Crippen LogP contribution in [0.25, 0.3) is 0 Å². The summed E-state index contributed by atoms with van der Waals surface area (Å²) in [5, 5.41) is 0. The van der Waals surface area contributed by atoms with E-state index in [-0.39, 0.29) is 5.91 Å². The molecule has 0 spiro atoms. The van der Waals surface area contributed by atoms with E-state index in [1.807, 2.05) is 26.0 Å². The third kappa shape index (κ3) is 3.83. The molecule has 1 atom stereocenters. The predicted octanol–water partition coefficient (Wildman–Crippen LogP) is 2.72. The van der Waals surface area contributed by atoms with Gasteiger partial charge in [-0.25, -0.2) is 5.84 Å². The predicted molar refractivity (Wildman–Crippen MR) is 79.6 cm³/mol. The number of anilines is 1. The lowest BCUT2D eigenvalue weighted by molar-refractivity contribution is 0.0954. The molecule has 1 aromatic rings. The van der Waals surface area contributed by atoms with Crippen molar-refractivity contribution in [1.82, 2.24) is 5.43 Å². The lowest BCUT2D eigenvalue weighted by Crippen LogP contribution is -2.30. The molecule has 4 nitrogen and oxygen atoms in total. The van der Waals surface area contributed by atoms with E-state index in [1.165, 1.54) is 6.42 Å². The van der Waals surface area contributed by atoms with Crippen molar-refractivity contribution >= 4 is 11.6 Å². The Morgan fingerprint density at radius 1 is 1.37 bits per heavy atom. The highest BCUT2D eigenvalue weighted by Crippen LogP contribution is 2.29. The van der Waals surface area contributed by atoms with Gasteiger partial charge >= 0.3 is 0 Å². The average Bonchev–Trinajstić information content (AvgIpc) is 2.50. The van der Waals surface area contributed by atoms with Gasteiger partial charge in [-0.3, -0.25) is 10.2 Å². The first-order valence-corrected chi connectivity index (χ1v) is 6.79. The van der Waals surface area contributed by atoms with Gasteiger partial charge in [0, 0.05) is 11.6 Å². The molecule has 19 heavy (non-hydrogen) atoms. The molecule has 5 N–H and O–H groups in total. The summed E-state index contributed by atoms with van der Waals surface area (Å²) in [6.07, 6.45) is 7.82. The second-order valence-corrected chi connectivity index (χ2v) is 4.29. The highest BCUT2D eigenvalue weighted by atomic mass is 16.2. The van der Waals surface area contributed by atoms with Crippen LogP contribution in [0.4, 0.5) is 5.69 Å². The fourth-order valence-electron chi connectivity index (χ4n) is 2.17. The summed E-state index contributed by atoms with van der Waals surface area (Å²) in [4.78, 5) is 11.5. The van der Waals surface area contributed by atoms with Crippen molar-refractivity contribution in [2.24, 2.45) is 5.84 Å². The molecular formula is C15H23N3O. The normalized spacial score (nSPS) is 17.3. The summed E-state index contributed by atoms with van der Waals surface area (Å²) in [5.74, 6) is 5.17. The summed E-state index contributed by atoms with van der Waals surface area (Å²) in [5.41, 5.74) is 9.90. The van der Waals surface area contributed by atoms with E-state index >= 15 is 0 Å². The van der Waals surface area contributed by atoms with E-state index in [4.69, 9.17) is 11.6 Å². The third-order valence-corrected chi connectivity index (χ3v) is 3.14. The van der Waals surface area contributed by atoms with Gasteiger partial charge in [-0.15, -0.1) is 0 Å². The van der Waals surface area contributed by atoms with Gasteiger partial charge in [-0.1, -0.05) is 32.1 Å². The fourth-order valence-corrected chi connectivity index (χ4v) is 2.17. The molecule has 1 aliphatic carbocycles. The van der Waals surface area contributed by atoms with Gasteiger partial charge in [0.1, 0.15) is 0 Å². The van der Waals surface area contributed by atoms with E-state index in [0.717, 1.165) is 18.4 Å². The minimum atomic E-state index is -0.343. The van der Waals surface area contributed by atoms with Crippen molar-refractivity contribution in [3.8, 4) is 0 Å². The number of hydrazine groups is 1. The minimum absolute atomic E-state index is 0.343. The zero-order valence-electron chi connectivity index (χ0n) is 11.6. The number of carbonyl (C=O) groups excluding carboxylic acids is 1. The number of allylic oxidation sites excluding steroid dienone is 2. The number of hydrogen-bond acceptors (Lipinski definition) is 3. The monoisotopic (exact) mass is 261 g/mol. The van der Waals surface area contributed by atoms with Gasteiger partial charge in [0.2, 0.25) is 0 Å². The van der Waals surface area contributed by atoms with Crippen LogP contribution < -0.4 is 17.0 Å². The van der Waals surface area contributed by atoms with Gasteiger partial charge in [0.05, 0.1) is 5.56 Å². The standard InChI is InChI=1S/C13H17N3O.C2H6/c14-12-7-6-10(8-11(12)13(17)16-15)9-4-2-1-3-5-9;1-2/h2,4,6-9H,1,3,5,14-15H2,(H,16,17);1-2H3. The zero-order valence-corrected chi connectivity index (χ0v) is 11.6. The molecule has 104 valence electrons. The van der Waals surface area contributed by atoms with Crippen LogP contribution >= 0.6 is 0 Å². The van der Waals surface area contributed by atoms with Crippen LogP contribution in [0, 0.1) is 0 Å². The molecule has 0 saturated heterocycles. The molecule has 0 fully saturated rings. The maximum atomic E-state index is 11.5. The van der Waals surface area contributed by atoms with Crippen LogP contribution in [0.15, 0.2) is 30.4 Å². The second-order valence-electron chi connectivity index (χ2n) is 4.29. The van der Waals surface area contributed by atoms with Crippen LogP contribution in [0.1, 0.15) is 54.9 Å². The summed E-state index contributed by atoms with van der Waals surface area (Å²) >= 11 is 0. The van der Waals surface area contributed by atoms with Gasteiger partial charge in [-0.05, 0) is 37.0 Å². The smallest absolute Gasteiger partial charge is 0.267 e. The Bertz CT molecular complexity index is 455. The number of nitrogens with two attached hydrogens (primary N) is 2. The number of nitrogen functional groups attached to an aromatic ring is 2. The van der Waals surface area contributed by atoms with Crippen molar-refractivity contribution in [2.45, 2.75) is 39.0 Å². The summed E-state index contributed by atoms with van der Waals surface area (Å²) in [7, 11) is 0. The molecule has 0 saturated carbocycles. The molecule has 1 aromatic carbocycles. The van der Waals surface area contributed by atoms with E-state index in [0.29, 0.717) is 17.2 Å². The first-order valence-electron chi connectivity index (χ1n) is 6.79. The Kier molecular flexibility index (Phi) is 6.09. The topological polar surface area (TPSA) is 81.1 Å². The Hall–Kier alpha value is -1.81.